The van der Waals surface area contributed by atoms with E-state index < -0.39 is 23.2 Å². The zero-order chi connectivity index (χ0) is 13.3. The minimum absolute atomic E-state index is 0.387. The molecule has 0 aromatic rings. The quantitative estimate of drug-likeness (QED) is 0.751. The van der Waals surface area contributed by atoms with Crippen LogP contribution in [0.25, 0.3) is 0 Å². The Hall–Kier alpha value is -1.52. The van der Waals surface area contributed by atoms with Gasteiger partial charge in [-0.1, -0.05) is 12.2 Å². The minimum Gasteiger partial charge on any atom is -0.479 e. The van der Waals surface area contributed by atoms with Gasteiger partial charge in [-0.05, 0) is 33.6 Å². The summed E-state index contributed by atoms with van der Waals surface area (Å²) in [6, 6.07) is 0. The molecule has 0 unspecified atom stereocenters. The van der Waals surface area contributed by atoms with Gasteiger partial charge in [0.15, 0.2) is 5.54 Å². The van der Waals surface area contributed by atoms with Crippen LogP contribution in [0.2, 0.25) is 0 Å². The Bertz CT molecular complexity index is 356. The van der Waals surface area contributed by atoms with Crippen molar-refractivity contribution in [1.29, 1.82) is 0 Å². The van der Waals surface area contributed by atoms with Crippen molar-refractivity contribution in [1.82, 2.24) is 4.90 Å². The second-order valence-electron chi connectivity index (χ2n) is 5.21. The number of carbonyl (C=O) groups excluding carboxylic acids is 1. The molecule has 0 saturated heterocycles. The van der Waals surface area contributed by atoms with Crippen LogP contribution < -0.4 is 0 Å². The van der Waals surface area contributed by atoms with Crippen LogP contribution >= 0.6 is 0 Å². The Kier molecular flexibility index (Phi) is 3.50. The Morgan fingerprint density at radius 1 is 1.41 bits per heavy atom. The van der Waals surface area contributed by atoms with Gasteiger partial charge in [0, 0.05) is 7.05 Å². The van der Waals surface area contributed by atoms with Gasteiger partial charge in [-0.25, -0.2) is 9.59 Å². The molecule has 0 spiro atoms. The molecule has 1 atom stereocenters. The summed E-state index contributed by atoms with van der Waals surface area (Å²) in [7, 11) is 1.46. The predicted molar refractivity (Wildman–Crippen MR) is 62.7 cm³/mol. The maximum absolute atomic E-state index is 11.9. The summed E-state index contributed by atoms with van der Waals surface area (Å²) in [5.74, 6) is -1.03. The van der Waals surface area contributed by atoms with Crippen molar-refractivity contribution in [3.05, 3.63) is 12.2 Å². The van der Waals surface area contributed by atoms with Crippen molar-refractivity contribution in [3.8, 4) is 0 Å². The molecule has 0 fully saturated rings. The van der Waals surface area contributed by atoms with Gasteiger partial charge in [-0.3, -0.25) is 4.90 Å². The highest BCUT2D eigenvalue weighted by atomic mass is 16.6. The summed E-state index contributed by atoms with van der Waals surface area (Å²) < 4.78 is 5.18. The molecule has 17 heavy (non-hydrogen) atoms. The standard InChI is InChI=1S/C12H19NO4/c1-11(2,3)17-10(16)13(4)12(9(14)15)7-5-6-8-12/h5,7H,6,8H2,1-4H3,(H,14,15)/t12-/m0/s1. The number of hydrogen-bond donors (Lipinski definition) is 1. The Balaban J connectivity index is 2.87. The first-order valence-corrected chi connectivity index (χ1v) is 5.57. The lowest BCUT2D eigenvalue weighted by Crippen LogP contribution is -2.53. The molecule has 0 heterocycles. The normalized spacial score (nSPS) is 23.5. The number of allylic oxidation sites excluding steroid dienone is 1. The van der Waals surface area contributed by atoms with E-state index in [0.717, 1.165) is 4.90 Å². The number of carboxylic acid groups (broad SMARTS) is 1. The van der Waals surface area contributed by atoms with E-state index >= 15 is 0 Å². The number of hydrogen-bond acceptors (Lipinski definition) is 3. The van der Waals surface area contributed by atoms with Crippen molar-refractivity contribution in [2.75, 3.05) is 7.05 Å². The first kappa shape index (κ1) is 13.5. The third-order valence-electron chi connectivity index (χ3n) is 2.72. The molecule has 96 valence electrons. The van der Waals surface area contributed by atoms with Crippen molar-refractivity contribution in [2.45, 2.75) is 44.8 Å². The van der Waals surface area contributed by atoms with Crippen LogP contribution in [0, 0.1) is 0 Å². The van der Waals surface area contributed by atoms with E-state index in [9.17, 15) is 14.7 Å². The van der Waals surface area contributed by atoms with E-state index in [1.165, 1.54) is 7.05 Å². The molecule has 0 aromatic heterocycles. The molecule has 1 amide bonds. The minimum atomic E-state index is -1.26. The lowest BCUT2D eigenvalue weighted by Gasteiger charge is -2.34. The number of rotatable bonds is 2. The van der Waals surface area contributed by atoms with Crippen LogP contribution in [0.1, 0.15) is 33.6 Å². The van der Waals surface area contributed by atoms with Gasteiger partial charge in [0.25, 0.3) is 0 Å². The number of carbonyl (C=O) groups is 2. The second-order valence-corrected chi connectivity index (χ2v) is 5.21. The summed E-state index contributed by atoms with van der Waals surface area (Å²) in [4.78, 5) is 24.4. The van der Waals surface area contributed by atoms with Crippen LogP contribution in [0.15, 0.2) is 12.2 Å². The van der Waals surface area contributed by atoms with Gasteiger partial charge in [0.05, 0.1) is 0 Å². The lowest BCUT2D eigenvalue weighted by atomic mass is 9.98. The van der Waals surface area contributed by atoms with Gasteiger partial charge < -0.3 is 9.84 Å². The average Bonchev–Trinajstić information content (AvgIpc) is 2.63. The van der Waals surface area contributed by atoms with Crippen LogP contribution in [-0.2, 0) is 9.53 Å². The highest BCUT2D eigenvalue weighted by molar-refractivity contribution is 5.87. The van der Waals surface area contributed by atoms with E-state index in [2.05, 4.69) is 0 Å². The van der Waals surface area contributed by atoms with E-state index in [-0.39, 0.29) is 0 Å². The van der Waals surface area contributed by atoms with E-state index in [1.807, 2.05) is 0 Å². The molecule has 5 nitrogen and oxygen atoms in total. The third-order valence-corrected chi connectivity index (χ3v) is 2.72. The van der Waals surface area contributed by atoms with Crippen LogP contribution in [0.3, 0.4) is 0 Å². The molecule has 0 bridgehead atoms. The van der Waals surface area contributed by atoms with Crippen molar-refractivity contribution >= 4 is 12.1 Å². The van der Waals surface area contributed by atoms with E-state index in [0.29, 0.717) is 12.8 Å². The monoisotopic (exact) mass is 241 g/mol. The second kappa shape index (κ2) is 4.39. The van der Waals surface area contributed by atoms with Crippen LogP contribution in [0.4, 0.5) is 4.79 Å². The summed E-state index contributed by atoms with van der Waals surface area (Å²) in [6.07, 6.45) is 3.75. The summed E-state index contributed by atoms with van der Waals surface area (Å²) in [5, 5.41) is 9.28. The van der Waals surface area contributed by atoms with E-state index in [1.54, 1.807) is 32.9 Å². The van der Waals surface area contributed by atoms with Gasteiger partial charge >= 0.3 is 12.1 Å². The first-order chi connectivity index (χ1) is 7.69. The maximum Gasteiger partial charge on any atom is 0.411 e. The molecule has 5 heteroatoms. The molecule has 0 radical (unpaired) electrons. The van der Waals surface area contributed by atoms with Crippen LogP contribution in [-0.4, -0.2) is 40.3 Å². The largest absolute Gasteiger partial charge is 0.479 e. The Labute approximate surface area is 101 Å². The highest BCUT2D eigenvalue weighted by Crippen LogP contribution is 2.30. The molecule has 1 aliphatic carbocycles. The SMILES string of the molecule is CN(C(=O)OC(C)(C)C)[C@@]1(C(=O)O)C=CCC1. The fourth-order valence-corrected chi connectivity index (χ4v) is 1.76. The zero-order valence-corrected chi connectivity index (χ0v) is 10.7. The Morgan fingerprint density at radius 2 is 2.00 bits per heavy atom. The first-order valence-electron chi connectivity index (χ1n) is 5.57. The van der Waals surface area contributed by atoms with Gasteiger partial charge in [0.2, 0.25) is 0 Å². The maximum atomic E-state index is 11.9. The van der Waals surface area contributed by atoms with E-state index in [4.69, 9.17) is 4.74 Å². The Morgan fingerprint density at radius 3 is 2.35 bits per heavy atom. The third kappa shape index (κ3) is 2.78. The molecular weight excluding hydrogens is 222 g/mol. The smallest absolute Gasteiger partial charge is 0.411 e. The van der Waals surface area contributed by atoms with Gasteiger partial charge in [-0.2, -0.15) is 0 Å². The average molecular weight is 241 g/mol. The fraction of sp³-hybridized carbons (Fsp3) is 0.667. The van der Waals surface area contributed by atoms with Crippen molar-refractivity contribution in [2.24, 2.45) is 0 Å². The molecular formula is C12H19NO4. The number of carboxylic acids is 1. The van der Waals surface area contributed by atoms with Crippen LogP contribution in [0.5, 0.6) is 0 Å². The number of aliphatic carboxylic acids is 1. The molecule has 0 saturated carbocycles. The van der Waals surface area contributed by atoms with Gasteiger partial charge in [-0.15, -0.1) is 0 Å². The zero-order valence-electron chi connectivity index (χ0n) is 10.7. The molecule has 1 aliphatic rings. The number of nitrogens with zero attached hydrogens (tertiary/aromatic N) is 1. The predicted octanol–water partition coefficient (Wildman–Crippen LogP) is 2.03. The lowest BCUT2D eigenvalue weighted by molar-refractivity contribution is -0.147. The summed E-state index contributed by atoms with van der Waals surface area (Å²) in [6.45, 7) is 5.24. The molecule has 0 aliphatic heterocycles. The van der Waals surface area contributed by atoms with Crippen molar-refractivity contribution < 1.29 is 19.4 Å². The highest BCUT2D eigenvalue weighted by Gasteiger charge is 2.45. The molecule has 1 rings (SSSR count). The molecule has 1 N–H and O–H groups in total. The molecule has 0 aromatic carbocycles. The topological polar surface area (TPSA) is 66.8 Å². The summed E-state index contributed by atoms with van der Waals surface area (Å²) in [5.41, 5.74) is -1.89. The fourth-order valence-electron chi connectivity index (χ4n) is 1.76. The summed E-state index contributed by atoms with van der Waals surface area (Å²) >= 11 is 0. The number of amides is 1. The number of ether oxygens (including phenoxy) is 1. The van der Waals surface area contributed by atoms with Crippen molar-refractivity contribution in [3.63, 3.8) is 0 Å². The number of likely N-dealkylation sites (N-methyl/N-ethyl adjacent to an activating group) is 1. The van der Waals surface area contributed by atoms with Gasteiger partial charge in [0.1, 0.15) is 5.60 Å².